The molecule has 0 aliphatic heterocycles. The van der Waals surface area contributed by atoms with Gasteiger partial charge in [-0.2, -0.15) is 0 Å². The fraction of sp³-hybridized carbons (Fsp3) is 0.385. The molecular weight excluding hydrogens is 283 g/mol. The summed E-state index contributed by atoms with van der Waals surface area (Å²) in [6.07, 6.45) is 0. The minimum atomic E-state index is -3.48. The van der Waals surface area contributed by atoms with Crippen molar-refractivity contribution in [3.05, 3.63) is 41.5 Å². The molecule has 4 nitrogen and oxygen atoms in total. The Morgan fingerprint density at radius 1 is 1.21 bits per heavy atom. The van der Waals surface area contributed by atoms with Crippen LogP contribution in [0.4, 0.5) is 0 Å². The molecule has 0 unspecified atom stereocenters. The first kappa shape index (κ1) is 16.3. The Bertz CT molecular complexity index is 437. The molecule has 0 spiro atoms. The first-order valence-electron chi connectivity index (χ1n) is 6.07. The number of rotatable bonds is 8. The van der Waals surface area contributed by atoms with Crippen LogP contribution in [-0.2, 0) is 18.1 Å². The molecule has 106 valence electrons. The standard InChI is InChI=1S/C13H19O4PS/c1-4-15-18(14,16-5-2)17-12(3)11-19-13-9-7-6-8-10-13/h6-11H,4-5H2,1-3H3. The molecule has 0 saturated heterocycles. The number of benzene rings is 1. The van der Waals surface area contributed by atoms with E-state index < -0.39 is 7.82 Å². The maximum Gasteiger partial charge on any atom is 0.529 e. The predicted molar refractivity (Wildman–Crippen MR) is 78.0 cm³/mol. The van der Waals surface area contributed by atoms with Crippen LogP contribution in [0.25, 0.3) is 0 Å². The molecule has 0 aliphatic carbocycles. The second-order valence-electron chi connectivity index (χ2n) is 3.53. The van der Waals surface area contributed by atoms with Gasteiger partial charge in [-0.1, -0.05) is 30.0 Å². The van der Waals surface area contributed by atoms with E-state index in [4.69, 9.17) is 13.6 Å². The van der Waals surface area contributed by atoms with Crippen molar-refractivity contribution in [1.29, 1.82) is 0 Å². The van der Waals surface area contributed by atoms with Gasteiger partial charge in [-0.05, 0) is 32.9 Å². The zero-order valence-electron chi connectivity index (χ0n) is 11.4. The Morgan fingerprint density at radius 3 is 2.32 bits per heavy atom. The highest BCUT2D eigenvalue weighted by molar-refractivity contribution is 8.02. The molecule has 1 rings (SSSR count). The SMILES string of the molecule is CCOP(=O)(OCC)OC(C)=CSc1ccccc1. The molecule has 0 N–H and O–H groups in total. The van der Waals surface area contributed by atoms with Gasteiger partial charge in [0.05, 0.1) is 13.2 Å². The van der Waals surface area contributed by atoms with Crippen molar-refractivity contribution in [2.24, 2.45) is 0 Å². The Balaban J connectivity index is 2.61. The van der Waals surface area contributed by atoms with Gasteiger partial charge in [0, 0.05) is 10.3 Å². The van der Waals surface area contributed by atoms with Crippen molar-refractivity contribution in [3.8, 4) is 0 Å². The lowest BCUT2D eigenvalue weighted by Gasteiger charge is -2.17. The van der Waals surface area contributed by atoms with Crippen LogP contribution in [-0.4, -0.2) is 13.2 Å². The third kappa shape index (κ3) is 6.30. The predicted octanol–water partition coefficient (Wildman–Crippen LogP) is 4.84. The third-order valence-corrected chi connectivity index (χ3v) is 4.59. The summed E-state index contributed by atoms with van der Waals surface area (Å²) in [7, 11) is -3.48. The Morgan fingerprint density at radius 2 is 1.79 bits per heavy atom. The van der Waals surface area contributed by atoms with Crippen LogP contribution in [0, 0.1) is 0 Å². The molecule has 0 heterocycles. The Hall–Kier alpha value is -0.740. The molecule has 0 amide bonds. The van der Waals surface area contributed by atoms with Crippen LogP contribution in [0.2, 0.25) is 0 Å². The van der Waals surface area contributed by atoms with Crippen molar-refractivity contribution >= 4 is 19.6 Å². The summed E-state index contributed by atoms with van der Waals surface area (Å²) in [6, 6.07) is 9.84. The zero-order valence-corrected chi connectivity index (χ0v) is 13.1. The van der Waals surface area contributed by atoms with Crippen molar-refractivity contribution in [1.82, 2.24) is 0 Å². The molecule has 0 atom stereocenters. The lowest BCUT2D eigenvalue weighted by Crippen LogP contribution is -1.98. The van der Waals surface area contributed by atoms with Crippen LogP contribution in [0.1, 0.15) is 20.8 Å². The quantitative estimate of drug-likeness (QED) is 0.390. The molecule has 0 fully saturated rings. The number of phosphoric acid groups is 1. The van der Waals surface area contributed by atoms with E-state index in [0.29, 0.717) is 5.76 Å². The first-order valence-corrected chi connectivity index (χ1v) is 8.41. The Kier molecular flexibility index (Phi) is 7.24. The van der Waals surface area contributed by atoms with Crippen molar-refractivity contribution < 1.29 is 18.1 Å². The van der Waals surface area contributed by atoms with E-state index in [2.05, 4.69) is 0 Å². The molecule has 1 aromatic rings. The van der Waals surface area contributed by atoms with E-state index in [0.717, 1.165) is 4.90 Å². The van der Waals surface area contributed by atoms with E-state index in [9.17, 15) is 4.57 Å². The molecule has 0 saturated carbocycles. The molecule has 0 aromatic heterocycles. The first-order chi connectivity index (χ1) is 9.09. The lowest BCUT2D eigenvalue weighted by atomic mass is 10.4. The second-order valence-corrected chi connectivity index (χ2v) is 6.07. The summed E-state index contributed by atoms with van der Waals surface area (Å²) >= 11 is 1.49. The van der Waals surface area contributed by atoms with Crippen LogP contribution in [0.5, 0.6) is 0 Å². The summed E-state index contributed by atoms with van der Waals surface area (Å²) in [5, 5.41) is 1.78. The van der Waals surface area contributed by atoms with Gasteiger partial charge in [-0.25, -0.2) is 4.57 Å². The average molecular weight is 302 g/mol. The lowest BCUT2D eigenvalue weighted by molar-refractivity contribution is 0.146. The van der Waals surface area contributed by atoms with Gasteiger partial charge in [0.1, 0.15) is 5.76 Å². The van der Waals surface area contributed by atoms with Gasteiger partial charge in [0.15, 0.2) is 0 Å². The molecule has 1 aromatic carbocycles. The smallest absolute Gasteiger partial charge is 0.408 e. The van der Waals surface area contributed by atoms with Crippen LogP contribution >= 0.6 is 19.6 Å². The summed E-state index contributed by atoms with van der Waals surface area (Å²) in [5.74, 6) is 0.499. The minimum Gasteiger partial charge on any atom is -0.408 e. The third-order valence-electron chi connectivity index (χ3n) is 1.93. The minimum absolute atomic E-state index is 0.274. The van der Waals surface area contributed by atoms with Gasteiger partial charge < -0.3 is 4.52 Å². The van der Waals surface area contributed by atoms with Gasteiger partial charge in [0.25, 0.3) is 0 Å². The summed E-state index contributed by atoms with van der Waals surface area (Å²) in [4.78, 5) is 1.08. The molecule has 6 heteroatoms. The number of hydrogen-bond acceptors (Lipinski definition) is 5. The monoisotopic (exact) mass is 302 g/mol. The largest absolute Gasteiger partial charge is 0.529 e. The highest BCUT2D eigenvalue weighted by Crippen LogP contribution is 2.51. The van der Waals surface area contributed by atoms with Crippen LogP contribution < -0.4 is 0 Å². The van der Waals surface area contributed by atoms with Crippen molar-refractivity contribution in [2.75, 3.05) is 13.2 Å². The topological polar surface area (TPSA) is 44.8 Å². The molecule has 0 radical (unpaired) electrons. The van der Waals surface area contributed by atoms with E-state index in [-0.39, 0.29) is 13.2 Å². The fourth-order valence-corrected chi connectivity index (χ4v) is 3.21. The summed E-state index contributed by atoms with van der Waals surface area (Å²) in [6.45, 7) is 5.76. The number of allylic oxidation sites excluding steroid dienone is 1. The van der Waals surface area contributed by atoms with Crippen LogP contribution in [0.15, 0.2) is 46.4 Å². The maximum absolute atomic E-state index is 12.1. The van der Waals surface area contributed by atoms with Gasteiger partial charge in [0.2, 0.25) is 0 Å². The summed E-state index contributed by atoms with van der Waals surface area (Å²) in [5.41, 5.74) is 0. The second kappa shape index (κ2) is 8.43. The van der Waals surface area contributed by atoms with E-state index >= 15 is 0 Å². The number of thioether (sulfide) groups is 1. The maximum atomic E-state index is 12.1. The van der Waals surface area contributed by atoms with E-state index in [1.807, 2.05) is 30.3 Å². The van der Waals surface area contributed by atoms with Gasteiger partial charge >= 0.3 is 7.82 Å². The highest BCUT2D eigenvalue weighted by Gasteiger charge is 2.26. The zero-order chi connectivity index (χ0) is 14.1. The number of phosphoric ester groups is 1. The van der Waals surface area contributed by atoms with E-state index in [1.54, 1.807) is 26.2 Å². The number of hydrogen-bond donors (Lipinski definition) is 0. The Labute approximate surface area is 118 Å². The highest BCUT2D eigenvalue weighted by atomic mass is 32.2. The normalized spacial score (nSPS) is 12.5. The van der Waals surface area contributed by atoms with Crippen LogP contribution in [0.3, 0.4) is 0 Å². The van der Waals surface area contributed by atoms with E-state index in [1.165, 1.54) is 11.8 Å². The average Bonchev–Trinajstić information content (AvgIpc) is 2.38. The fourth-order valence-electron chi connectivity index (χ4n) is 1.25. The molecule has 0 bridgehead atoms. The molecule has 19 heavy (non-hydrogen) atoms. The van der Waals surface area contributed by atoms with Gasteiger partial charge in [-0.3, -0.25) is 9.05 Å². The molecular formula is C13H19O4PS. The van der Waals surface area contributed by atoms with Crippen molar-refractivity contribution in [2.45, 2.75) is 25.7 Å². The van der Waals surface area contributed by atoms with Gasteiger partial charge in [-0.15, -0.1) is 0 Å². The van der Waals surface area contributed by atoms with Crippen molar-refractivity contribution in [3.63, 3.8) is 0 Å². The summed E-state index contributed by atoms with van der Waals surface area (Å²) < 4.78 is 27.5. The molecule has 0 aliphatic rings.